The summed E-state index contributed by atoms with van der Waals surface area (Å²) in [6.07, 6.45) is 0. The van der Waals surface area contributed by atoms with Crippen molar-refractivity contribution >= 4 is 11.4 Å². The summed E-state index contributed by atoms with van der Waals surface area (Å²) in [7, 11) is 0. The first-order valence-corrected chi connectivity index (χ1v) is 3.35. The van der Waals surface area contributed by atoms with E-state index in [0.717, 1.165) is 0 Å². The maximum absolute atomic E-state index is 9.68. The normalized spacial score (nSPS) is 12.9. The third-order valence-electron chi connectivity index (χ3n) is 0.498. The molecule has 0 saturated carbocycles. The van der Waals surface area contributed by atoms with E-state index in [0.29, 0.717) is 0 Å². The van der Waals surface area contributed by atoms with Crippen LogP contribution in [-0.4, -0.2) is 15.4 Å². The van der Waals surface area contributed by atoms with Crippen LogP contribution in [0.15, 0.2) is 0 Å². The van der Waals surface area contributed by atoms with Crippen molar-refractivity contribution in [3.63, 3.8) is 0 Å². The molecule has 0 bridgehead atoms. The Balaban J connectivity index is 0. The standard InChI is InChI=1S/C4H10O3S.Li/c1-4(2)3-7-8(5)6;/h4H,3H2,1-2H3,(H,5,6);/q;+1/p-1. The molecule has 1 atom stereocenters. The molecule has 0 spiro atoms. The summed E-state index contributed by atoms with van der Waals surface area (Å²) in [6.45, 7) is 4.04. The van der Waals surface area contributed by atoms with E-state index >= 15 is 0 Å². The van der Waals surface area contributed by atoms with Crippen LogP contribution < -0.4 is 18.9 Å². The Morgan fingerprint density at radius 1 is 1.67 bits per heavy atom. The Bertz CT molecular complexity index is 85.9. The molecule has 0 heterocycles. The third kappa shape index (κ3) is 12.0. The second-order valence-corrected chi connectivity index (χ2v) is 2.53. The Labute approximate surface area is 69.8 Å². The second kappa shape index (κ2) is 6.78. The molecule has 0 N–H and O–H groups in total. The topological polar surface area (TPSA) is 49.4 Å². The molecule has 0 fully saturated rings. The van der Waals surface area contributed by atoms with Gasteiger partial charge in [0, 0.05) is 0 Å². The summed E-state index contributed by atoms with van der Waals surface area (Å²) >= 11 is -2.34. The van der Waals surface area contributed by atoms with Crippen LogP contribution in [0.25, 0.3) is 0 Å². The molecule has 5 heteroatoms. The van der Waals surface area contributed by atoms with Crippen LogP contribution in [0.1, 0.15) is 13.8 Å². The van der Waals surface area contributed by atoms with Gasteiger partial charge in [0.15, 0.2) is 0 Å². The van der Waals surface area contributed by atoms with Crippen molar-refractivity contribution in [1.29, 1.82) is 0 Å². The maximum atomic E-state index is 9.68. The fourth-order valence-electron chi connectivity index (χ4n) is 0.192. The summed E-state index contributed by atoms with van der Waals surface area (Å²) < 4.78 is 23.6. The molecule has 3 nitrogen and oxygen atoms in total. The first-order chi connectivity index (χ1) is 3.63. The summed E-state index contributed by atoms with van der Waals surface area (Å²) in [5.74, 6) is 0.271. The minimum Gasteiger partial charge on any atom is -0.750 e. The zero-order valence-corrected chi connectivity index (χ0v) is 6.73. The van der Waals surface area contributed by atoms with Gasteiger partial charge >= 0.3 is 18.9 Å². The second-order valence-electron chi connectivity index (χ2n) is 1.88. The van der Waals surface area contributed by atoms with Gasteiger partial charge in [-0.05, 0) is 5.92 Å². The smallest absolute Gasteiger partial charge is 0.750 e. The van der Waals surface area contributed by atoms with Crippen molar-refractivity contribution in [1.82, 2.24) is 0 Å². The van der Waals surface area contributed by atoms with Crippen LogP contribution in [0.3, 0.4) is 0 Å². The van der Waals surface area contributed by atoms with Gasteiger partial charge in [0.2, 0.25) is 0 Å². The molecule has 0 saturated heterocycles. The van der Waals surface area contributed by atoms with Crippen molar-refractivity contribution < 1.29 is 31.8 Å². The van der Waals surface area contributed by atoms with E-state index in [-0.39, 0.29) is 31.4 Å². The van der Waals surface area contributed by atoms with Gasteiger partial charge in [-0.25, -0.2) is 4.21 Å². The molecule has 0 radical (unpaired) electrons. The number of hydrogen-bond acceptors (Lipinski definition) is 3. The van der Waals surface area contributed by atoms with Crippen LogP contribution >= 0.6 is 0 Å². The van der Waals surface area contributed by atoms with Gasteiger partial charge < -0.3 is 8.74 Å². The molecule has 0 aromatic rings. The molecule has 1 unspecified atom stereocenters. The summed E-state index contributed by atoms with van der Waals surface area (Å²) in [5.41, 5.74) is 0. The average Bonchev–Trinajstić information content (AvgIpc) is 1.61. The Morgan fingerprint density at radius 2 is 2.11 bits per heavy atom. The number of hydrogen-bond donors (Lipinski definition) is 0. The van der Waals surface area contributed by atoms with Crippen LogP contribution in [0.4, 0.5) is 0 Å². The van der Waals surface area contributed by atoms with Gasteiger partial charge in [0.05, 0.1) is 18.0 Å². The van der Waals surface area contributed by atoms with Gasteiger partial charge in [-0.15, -0.1) is 0 Å². The molecule has 50 valence electrons. The largest absolute Gasteiger partial charge is 1.00 e. The molecule has 0 aromatic carbocycles. The fourth-order valence-corrected chi connectivity index (χ4v) is 0.575. The Morgan fingerprint density at radius 3 is 2.22 bits per heavy atom. The molecule has 0 aliphatic carbocycles. The van der Waals surface area contributed by atoms with Crippen LogP contribution in [0.2, 0.25) is 0 Å². The zero-order valence-electron chi connectivity index (χ0n) is 5.92. The van der Waals surface area contributed by atoms with Crippen LogP contribution in [0, 0.1) is 5.92 Å². The fraction of sp³-hybridized carbons (Fsp3) is 1.00. The summed E-state index contributed by atoms with van der Waals surface area (Å²) in [6, 6.07) is 0. The van der Waals surface area contributed by atoms with Crippen molar-refractivity contribution in [2.75, 3.05) is 6.61 Å². The monoisotopic (exact) mass is 144 g/mol. The molecule has 0 amide bonds. The summed E-state index contributed by atoms with van der Waals surface area (Å²) in [4.78, 5) is 0. The van der Waals surface area contributed by atoms with Gasteiger partial charge in [0.1, 0.15) is 0 Å². The molecular weight excluding hydrogens is 135 g/mol. The van der Waals surface area contributed by atoms with Crippen molar-refractivity contribution in [2.24, 2.45) is 5.92 Å². The minimum absolute atomic E-state index is 0. The third-order valence-corrected chi connectivity index (χ3v) is 0.826. The van der Waals surface area contributed by atoms with E-state index in [1.807, 2.05) is 13.8 Å². The molecule has 9 heavy (non-hydrogen) atoms. The molecule has 0 aromatic heterocycles. The first-order valence-electron chi connectivity index (χ1n) is 2.35. The van der Waals surface area contributed by atoms with Crippen LogP contribution in [-0.2, 0) is 15.5 Å². The van der Waals surface area contributed by atoms with Gasteiger partial charge in [-0.2, -0.15) is 0 Å². The predicted molar refractivity (Wildman–Crippen MR) is 29.7 cm³/mol. The molecule has 0 aliphatic rings. The maximum Gasteiger partial charge on any atom is 1.00 e. The quantitative estimate of drug-likeness (QED) is 0.324. The van der Waals surface area contributed by atoms with Crippen molar-refractivity contribution in [2.45, 2.75) is 13.8 Å². The Kier molecular flexibility index (Phi) is 9.31. The van der Waals surface area contributed by atoms with Gasteiger partial charge in [-0.1, -0.05) is 13.8 Å². The first kappa shape index (κ1) is 12.4. The van der Waals surface area contributed by atoms with E-state index in [1.54, 1.807) is 0 Å². The van der Waals surface area contributed by atoms with E-state index in [2.05, 4.69) is 4.18 Å². The van der Waals surface area contributed by atoms with Crippen LogP contribution in [0.5, 0.6) is 0 Å². The van der Waals surface area contributed by atoms with Crippen molar-refractivity contribution in [3.05, 3.63) is 0 Å². The SMILES string of the molecule is CC(C)COS(=O)[O-].[Li+]. The molecule has 0 aliphatic heterocycles. The van der Waals surface area contributed by atoms with E-state index in [1.165, 1.54) is 0 Å². The minimum atomic E-state index is -2.34. The van der Waals surface area contributed by atoms with E-state index < -0.39 is 11.4 Å². The summed E-state index contributed by atoms with van der Waals surface area (Å²) in [5, 5.41) is 0. The molecule has 0 rings (SSSR count). The average molecular weight is 144 g/mol. The zero-order chi connectivity index (χ0) is 6.57. The van der Waals surface area contributed by atoms with Crippen molar-refractivity contribution in [3.8, 4) is 0 Å². The predicted octanol–water partition coefficient (Wildman–Crippen LogP) is -2.54. The van der Waals surface area contributed by atoms with Gasteiger partial charge in [-0.3, -0.25) is 0 Å². The number of rotatable bonds is 3. The van der Waals surface area contributed by atoms with E-state index in [4.69, 9.17) is 0 Å². The molecular formula is C4H9LiO3S. The Hall–Kier alpha value is 0.667. The van der Waals surface area contributed by atoms with Gasteiger partial charge in [0.25, 0.3) is 0 Å². The van der Waals surface area contributed by atoms with E-state index in [9.17, 15) is 8.76 Å².